The second kappa shape index (κ2) is 5.04. The number of aliphatic hydroxyl groups is 1. The van der Waals surface area contributed by atoms with Gasteiger partial charge in [0.2, 0.25) is 0 Å². The summed E-state index contributed by atoms with van der Waals surface area (Å²) in [4.78, 5) is 9.88. The lowest BCUT2D eigenvalue weighted by Crippen LogP contribution is -2.12. The minimum atomic E-state index is -3.40. The summed E-state index contributed by atoms with van der Waals surface area (Å²) in [6.45, 7) is -0.447. The number of nitro groups is 1. The zero-order chi connectivity index (χ0) is 12.2. The molecule has 0 heterocycles. The molecule has 0 radical (unpaired) electrons. The molecular formula is C9H11NO5S. The highest BCUT2D eigenvalue weighted by Gasteiger charge is 2.13. The van der Waals surface area contributed by atoms with Gasteiger partial charge in [-0.3, -0.25) is 10.1 Å². The lowest BCUT2D eigenvalue weighted by molar-refractivity contribution is -0.384. The Bertz CT molecular complexity index is 482. The molecule has 1 N–H and O–H groups in total. The fraction of sp³-hybridized carbons (Fsp3) is 0.333. The number of nitro benzene ring substituents is 1. The van der Waals surface area contributed by atoms with Gasteiger partial charge in [-0.05, 0) is 5.56 Å². The van der Waals surface area contributed by atoms with Crippen molar-refractivity contribution in [1.29, 1.82) is 0 Å². The molecule has 88 valence electrons. The number of benzene rings is 1. The van der Waals surface area contributed by atoms with Gasteiger partial charge in [-0.2, -0.15) is 0 Å². The first-order valence-corrected chi connectivity index (χ1v) is 6.31. The highest BCUT2D eigenvalue weighted by molar-refractivity contribution is 7.90. The summed E-state index contributed by atoms with van der Waals surface area (Å²) in [6.07, 6.45) is 0. The molecule has 7 heteroatoms. The topological polar surface area (TPSA) is 97.5 Å². The van der Waals surface area contributed by atoms with Crippen LogP contribution in [0, 0.1) is 10.1 Å². The predicted octanol–water partition coefficient (Wildman–Crippen LogP) is 0.502. The Morgan fingerprint density at radius 1 is 1.38 bits per heavy atom. The van der Waals surface area contributed by atoms with E-state index in [0.29, 0.717) is 5.56 Å². The molecule has 0 spiro atoms. The summed E-state index contributed by atoms with van der Waals surface area (Å²) in [5.41, 5.74) is 0.208. The maximum atomic E-state index is 11.4. The quantitative estimate of drug-likeness (QED) is 0.601. The Labute approximate surface area is 92.6 Å². The van der Waals surface area contributed by atoms with Crippen LogP contribution in [0.5, 0.6) is 0 Å². The zero-order valence-electron chi connectivity index (χ0n) is 8.37. The zero-order valence-corrected chi connectivity index (χ0v) is 9.18. The van der Waals surface area contributed by atoms with Gasteiger partial charge < -0.3 is 5.11 Å². The lowest BCUT2D eigenvalue weighted by Gasteiger charge is -2.02. The summed E-state index contributed by atoms with van der Waals surface area (Å²) in [6, 6.07) is 5.45. The molecule has 16 heavy (non-hydrogen) atoms. The molecule has 0 aliphatic rings. The molecule has 0 aromatic heterocycles. The van der Waals surface area contributed by atoms with Crippen molar-refractivity contribution in [2.45, 2.75) is 5.75 Å². The molecule has 0 saturated carbocycles. The number of aliphatic hydroxyl groups excluding tert-OH is 1. The second-order valence-electron chi connectivity index (χ2n) is 3.24. The van der Waals surface area contributed by atoms with Gasteiger partial charge in [0.1, 0.15) is 0 Å². The van der Waals surface area contributed by atoms with Crippen molar-refractivity contribution >= 4 is 15.5 Å². The second-order valence-corrected chi connectivity index (χ2v) is 5.43. The third kappa shape index (κ3) is 3.59. The van der Waals surface area contributed by atoms with E-state index in [0.717, 1.165) is 0 Å². The smallest absolute Gasteiger partial charge is 0.269 e. The Kier molecular flexibility index (Phi) is 3.97. The van der Waals surface area contributed by atoms with Gasteiger partial charge in [0, 0.05) is 12.1 Å². The van der Waals surface area contributed by atoms with Crippen LogP contribution in [0.1, 0.15) is 5.56 Å². The summed E-state index contributed by atoms with van der Waals surface area (Å²) < 4.78 is 22.7. The molecule has 1 aromatic rings. The lowest BCUT2D eigenvalue weighted by atomic mass is 10.2. The highest BCUT2D eigenvalue weighted by atomic mass is 32.2. The Morgan fingerprint density at radius 2 is 2.06 bits per heavy atom. The van der Waals surface area contributed by atoms with Crippen molar-refractivity contribution in [3.8, 4) is 0 Å². The van der Waals surface area contributed by atoms with Crippen molar-refractivity contribution in [3.05, 3.63) is 39.9 Å². The summed E-state index contributed by atoms with van der Waals surface area (Å²) in [5, 5.41) is 19.0. The molecular weight excluding hydrogens is 234 g/mol. The third-order valence-corrected chi connectivity index (χ3v) is 3.49. The van der Waals surface area contributed by atoms with E-state index in [1.165, 1.54) is 24.3 Å². The summed E-state index contributed by atoms with van der Waals surface area (Å²) in [7, 11) is -3.40. The SMILES string of the molecule is O=[N+]([O-])c1cccc(CS(=O)(=O)CCO)c1. The van der Waals surface area contributed by atoms with Gasteiger partial charge in [0.25, 0.3) is 5.69 Å². The number of non-ortho nitro benzene ring substituents is 1. The number of hydrogen-bond acceptors (Lipinski definition) is 5. The van der Waals surface area contributed by atoms with Crippen LogP contribution in [0.15, 0.2) is 24.3 Å². The predicted molar refractivity (Wildman–Crippen MR) is 57.7 cm³/mol. The third-order valence-electron chi connectivity index (χ3n) is 1.91. The van der Waals surface area contributed by atoms with Crippen molar-refractivity contribution in [2.24, 2.45) is 0 Å². The first-order valence-electron chi connectivity index (χ1n) is 4.49. The summed E-state index contributed by atoms with van der Waals surface area (Å²) in [5.74, 6) is -0.634. The van der Waals surface area contributed by atoms with Crippen LogP contribution >= 0.6 is 0 Å². The number of hydrogen-bond donors (Lipinski definition) is 1. The largest absolute Gasteiger partial charge is 0.395 e. The Morgan fingerprint density at radius 3 is 2.62 bits per heavy atom. The van der Waals surface area contributed by atoms with Gasteiger partial charge in [0.15, 0.2) is 9.84 Å². The van der Waals surface area contributed by atoms with E-state index in [-0.39, 0.29) is 17.2 Å². The van der Waals surface area contributed by atoms with E-state index in [1.807, 2.05) is 0 Å². The maximum absolute atomic E-state index is 11.4. The molecule has 0 atom stereocenters. The van der Waals surface area contributed by atoms with Gasteiger partial charge >= 0.3 is 0 Å². The molecule has 1 rings (SSSR count). The monoisotopic (exact) mass is 245 g/mol. The van der Waals surface area contributed by atoms with E-state index in [4.69, 9.17) is 5.11 Å². The van der Waals surface area contributed by atoms with Crippen LogP contribution in [0.25, 0.3) is 0 Å². The van der Waals surface area contributed by atoms with Crippen LogP contribution < -0.4 is 0 Å². The van der Waals surface area contributed by atoms with Crippen molar-refractivity contribution in [1.82, 2.24) is 0 Å². The van der Waals surface area contributed by atoms with Crippen molar-refractivity contribution < 1.29 is 18.4 Å². The van der Waals surface area contributed by atoms with Crippen LogP contribution in [-0.2, 0) is 15.6 Å². The van der Waals surface area contributed by atoms with E-state index in [2.05, 4.69) is 0 Å². The molecule has 0 bridgehead atoms. The van der Waals surface area contributed by atoms with E-state index < -0.39 is 21.4 Å². The molecule has 0 fully saturated rings. The van der Waals surface area contributed by atoms with Crippen LogP contribution in [0.2, 0.25) is 0 Å². The van der Waals surface area contributed by atoms with Gasteiger partial charge in [-0.15, -0.1) is 0 Å². The standard InChI is InChI=1S/C9H11NO5S/c11-4-5-16(14,15)7-8-2-1-3-9(6-8)10(12)13/h1-3,6,11H,4-5,7H2. The van der Waals surface area contributed by atoms with E-state index in [1.54, 1.807) is 0 Å². The maximum Gasteiger partial charge on any atom is 0.269 e. The fourth-order valence-corrected chi connectivity index (χ4v) is 2.33. The first-order chi connectivity index (χ1) is 7.44. The molecule has 0 unspecified atom stereocenters. The van der Waals surface area contributed by atoms with Crippen LogP contribution in [-0.4, -0.2) is 30.8 Å². The first kappa shape index (κ1) is 12.6. The number of rotatable bonds is 5. The van der Waals surface area contributed by atoms with Crippen molar-refractivity contribution in [2.75, 3.05) is 12.4 Å². The van der Waals surface area contributed by atoms with Crippen LogP contribution in [0.3, 0.4) is 0 Å². The van der Waals surface area contributed by atoms with Gasteiger partial charge in [-0.25, -0.2) is 8.42 Å². The van der Waals surface area contributed by atoms with Gasteiger partial charge in [-0.1, -0.05) is 12.1 Å². The fourth-order valence-electron chi connectivity index (χ4n) is 1.23. The average Bonchev–Trinajstić information content (AvgIpc) is 2.17. The molecule has 1 aromatic carbocycles. The minimum Gasteiger partial charge on any atom is -0.395 e. The summed E-state index contributed by atoms with van der Waals surface area (Å²) >= 11 is 0. The normalized spacial score (nSPS) is 11.3. The average molecular weight is 245 g/mol. The molecule has 0 saturated heterocycles. The molecule has 0 amide bonds. The van der Waals surface area contributed by atoms with Crippen molar-refractivity contribution in [3.63, 3.8) is 0 Å². The number of nitrogens with zero attached hydrogens (tertiary/aromatic N) is 1. The van der Waals surface area contributed by atoms with E-state index in [9.17, 15) is 18.5 Å². The Hall–Kier alpha value is -1.47. The van der Waals surface area contributed by atoms with E-state index >= 15 is 0 Å². The number of sulfone groups is 1. The highest BCUT2D eigenvalue weighted by Crippen LogP contribution is 2.15. The molecule has 0 aliphatic heterocycles. The van der Waals surface area contributed by atoms with Crippen LogP contribution in [0.4, 0.5) is 5.69 Å². The molecule has 0 aliphatic carbocycles. The molecule has 6 nitrogen and oxygen atoms in total. The Balaban J connectivity index is 2.90. The van der Waals surface area contributed by atoms with Gasteiger partial charge in [0.05, 0.1) is 23.0 Å². The minimum absolute atomic E-state index is 0.142.